The molecule has 0 saturated heterocycles. The Hall–Kier alpha value is -4.65. The van der Waals surface area contributed by atoms with Crippen LogP contribution in [0, 0.1) is 5.82 Å². The van der Waals surface area contributed by atoms with E-state index in [0.717, 1.165) is 17.2 Å². The average molecular weight is 500 g/mol. The highest BCUT2D eigenvalue weighted by atomic mass is 19.1. The molecule has 0 aromatic heterocycles. The first-order valence-electron chi connectivity index (χ1n) is 11.7. The van der Waals surface area contributed by atoms with Crippen LogP contribution in [0.25, 0.3) is 0 Å². The number of hydrogen-bond donors (Lipinski definition) is 2. The fraction of sp³-hybridized carbons (Fsp3) is 0.133. The number of carboxylic acids is 1. The van der Waals surface area contributed by atoms with Gasteiger partial charge in [-0.3, -0.25) is 4.79 Å². The smallest absolute Gasteiger partial charge is 0.326 e. The Morgan fingerprint density at radius 2 is 1.35 bits per heavy atom. The molecule has 0 unspecified atom stereocenters. The van der Waals surface area contributed by atoms with Gasteiger partial charge >= 0.3 is 5.97 Å². The van der Waals surface area contributed by atoms with E-state index in [1.54, 1.807) is 18.2 Å². The lowest BCUT2D eigenvalue weighted by molar-refractivity contribution is -0.139. The molecule has 188 valence electrons. The van der Waals surface area contributed by atoms with Crippen molar-refractivity contribution >= 4 is 11.9 Å². The van der Waals surface area contributed by atoms with Crippen molar-refractivity contribution in [3.8, 4) is 11.5 Å². The molecule has 0 aliphatic carbocycles. The number of carbonyl (C=O) groups excluding carboxylic acids is 1. The minimum Gasteiger partial charge on any atom is -0.485 e. The average Bonchev–Trinajstić information content (AvgIpc) is 2.92. The van der Waals surface area contributed by atoms with Crippen LogP contribution in [-0.2, 0) is 24.4 Å². The summed E-state index contributed by atoms with van der Waals surface area (Å²) in [5.74, 6) is -1.49. The van der Waals surface area contributed by atoms with Crippen molar-refractivity contribution < 1.29 is 28.6 Å². The van der Waals surface area contributed by atoms with Crippen LogP contribution in [0.4, 0.5) is 4.39 Å². The lowest BCUT2D eigenvalue weighted by Crippen LogP contribution is -2.42. The summed E-state index contributed by atoms with van der Waals surface area (Å²) in [5.41, 5.74) is 2.63. The largest absolute Gasteiger partial charge is 0.485 e. The Morgan fingerprint density at radius 3 is 1.95 bits per heavy atom. The zero-order chi connectivity index (χ0) is 26.0. The summed E-state index contributed by atoms with van der Waals surface area (Å²) in [6, 6.07) is 28.4. The van der Waals surface area contributed by atoms with E-state index in [4.69, 9.17) is 9.47 Å². The SMILES string of the molecule is O=C(N[C@H](Cc1ccc(OCc2ccccc2)c(OCc2ccccc2)c1)C(=O)O)c1cccc(F)c1. The molecule has 6 nitrogen and oxygen atoms in total. The Labute approximate surface area is 214 Å². The topological polar surface area (TPSA) is 84.9 Å². The number of carboxylic acid groups (broad SMARTS) is 1. The van der Waals surface area contributed by atoms with Gasteiger partial charge in [-0.2, -0.15) is 0 Å². The molecular weight excluding hydrogens is 473 g/mol. The molecule has 0 heterocycles. The number of halogens is 1. The first kappa shape index (κ1) is 25.4. The van der Waals surface area contributed by atoms with E-state index >= 15 is 0 Å². The quantitative estimate of drug-likeness (QED) is 0.288. The fourth-order valence-electron chi connectivity index (χ4n) is 3.69. The number of aliphatic carboxylic acids is 1. The predicted octanol–water partition coefficient (Wildman–Crippen LogP) is 5.41. The number of benzene rings is 4. The van der Waals surface area contributed by atoms with Gasteiger partial charge in [-0.15, -0.1) is 0 Å². The summed E-state index contributed by atoms with van der Waals surface area (Å²) < 4.78 is 25.6. The molecule has 4 rings (SSSR count). The van der Waals surface area contributed by atoms with Gasteiger partial charge in [0.05, 0.1) is 0 Å². The molecule has 0 spiro atoms. The minimum absolute atomic E-state index is 0.00293. The minimum atomic E-state index is -1.23. The van der Waals surface area contributed by atoms with Crippen molar-refractivity contribution in [3.63, 3.8) is 0 Å². The summed E-state index contributed by atoms with van der Waals surface area (Å²) >= 11 is 0. The first-order valence-corrected chi connectivity index (χ1v) is 11.7. The first-order chi connectivity index (χ1) is 18.0. The van der Waals surface area contributed by atoms with Crippen molar-refractivity contribution in [3.05, 3.63) is 131 Å². The molecule has 0 aliphatic rings. The molecular formula is C30H26FNO5. The van der Waals surface area contributed by atoms with Crippen LogP contribution in [0.15, 0.2) is 103 Å². The lowest BCUT2D eigenvalue weighted by atomic mass is 10.0. The van der Waals surface area contributed by atoms with E-state index in [1.165, 1.54) is 18.2 Å². The second kappa shape index (κ2) is 12.4. The van der Waals surface area contributed by atoms with E-state index in [2.05, 4.69) is 5.32 Å². The van der Waals surface area contributed by atoms with Crippen molar-refractivity contribution in [1.29, 1.82) is 0 Å². The fourth-order valence-corrected chi connectivity index (χ4v) is 3.69. The Bertz CT molecular complexity index is 1340. The van der Waals surface area contributed by atoms with Gasteiger partial charge in [0.1, 0.15) is 25.1 Å². The summed E-state index contributed by atoms with van der Waals surface area (Å²) in [6.45, 7) is 0.633. The Kier molecular flexibility index (Phi) is 8.49. The third-order valence-corrected chi connectivity index (χ3v) is 5.61. The van der Waals surface area contributed by atoms with Crippen LogP contribution in [0.2, 0.25) is 0 Å². The van der Waals surface area contributed by atoms with Gasteiger partial charge in [0, 0.05) is 12.0 Å². The predicted molar refractivity (Wildman–Crippen MR) is 137 cm³/mol. The van der Waals surface area contributed by atoms with Crippen LogP contribution < -0.4 is 14.8 Å². The number of nitrogens with one attached hydrogen (secondary N) is 1. The van der Waals surface area contributed by atoms with Crippen LogP contribution in [0.5, 0.6) is 11.5 Å². The van der Waals surface area contributed by atoms with Crippen molar-refractivity contribution in [2.45, 2.75) is 25.7 Å². The number of ether oxygens (including phenoxy) is 2. The second-order valence-electron chi connectivity index (χ2n) is 8.41. The molecule has 4 aromatic carbocycles. The summed E-state index contributed by atoms with van der Waals surface area (Å²) in [4.78, 5) is 24.4. The monoisotopic (exact) mass is 499 g/mol. The highest BCUT2D eigenvalue weighted by Crippen LogP contribution is 2.30. The van der Waals surface area contributed by atoms with Crippen LogP contribution >= 0.6 is 0 Å². The van der Waals surface area contributed by atoms with E-state index in [1.807, 2.05) is 60.7 Å². The van der Waals surface area contributed by atoms with E-state index in [9.17, 15) is 19.1 Å². The zero-order valence-electron chi connectivity index (χ0n) is 20.0. The van der Waals surface area contributed by atoms with Crippen LogP contribution in [-0.4, -0.2) is 23.0 Å². The number of carbonyl (C=O) groups is 2. The van der Waals surface area contributed by atoms with E-state index < -0.39 is 23.7 Å². The normalized spacial score (nSPS) is 11.4. The molecule has 1 amide bonds. The third kappa shape index (κ3) is 7.41. The number of hydrogen-bond acceptors (Lipinski definition) is 4. The van der Waals surface area contributed by atoms with Crippen LogP contribution in [0.3, 0.4) is 0 Å². The zero-order valence-corrected chi connectivity index (χ0v) is 20.0. The Morgan fingerprint density at radius 1 is 0.730 bits per heavy atom. The van der Waals surface area contributed by atoms with Gasteiger partial charge in [0.25, 0.3) is 5.91 Å². The van der Waals surface area contributed by atoms with Gasteiger partial charge in [-0.1, -0.05) is 72.8 Å². The highest BCUT2D eigenvalue weighted by molar-refractivity contribution is 5.96. The molecule has 0 saturated carbocycles. The van der Waals surface area contributed by atoms with Gasteiger partial charge in [-0.05, 0) is 47.0 Å². The van der Waals surface area contributed by atoms with Crippen LogP contribution in [0.1, 0.15) is 27.0 Å². The standard InChI is InChI=1S/C30H26FNO5/c31-25-13-7-12-24(18-25)29(33)32-26(30(34)35)16-23-14-15-27(36-19-21-8-3-1-4-9-21)28(17-23)37-20-22-10-5-2-6-11-22/h1-15,17-18,26H,16,19-20H2,(H,32,33)(H,34,35)/t26-/m1/s1. The summed E-state index contributed by atoms with van der Waals surface area (Å²) in [7, 11) is 0. The summed E-state index contributed by atoms with van der Waals surface area (Å²) in [5, 5.41) is 12.2. The van der Waals surface area contributed by atoms with Crippen molar-refractivity contribution in [2.75, 3.05) is 0 Å². The van der Waals surface area contributed by atoms with Crippen molar-refractivity contribution in [1.82, 2.24) is 5.32 Å². The second-order valence-corrected chi connectivity index (χ2v) is 8.41. The molecule has 1 atom stereocenters. The molecule has 2 N–H and O–H groups in total. The molecule has 0 aliphatic heterocycles. The maximum Gasteiger partial charge on any atom is 0.326 e. The molecule has 7 heteroatoms. The Balaban J connectivity index is 1.52. The van der Waals surface area contributed by atoms with Gasteiger partial charge in [-0.25, -0.2) is 9.18 Å². The molecule has 0 radical (unpaired) electrons. The lowest BCUT2D eigenvalue weighted by Gasteiger charge is -2.17. The molecule has 0 bridgehead atoms. The molecule has 4 aromatic rings. The molecule has 37 heavy (non-hydrogen) atoms. The maximum absolute atomic E-state index is 13.5. The van der Waals surface area contributed by atoms with Crippen molar-refractivity contribution in [2.24, 2.45) is 0 Å². The van der Waals surface area contributed by atoms with Gasteiger partial charge < -0.3 is 19.9 Å². The summed E-state index contributed by atoms with van der Waals surface area (Å²) in [6.07, 6.45) is -0.00293. The maximum atomic E-state index is 13.5. The van der Waals surface area contributed by atoms with Gasteiger partial charge in [0.2, 0.25) is 0 Å². The van der Waals surface area contributed by atoms with E-state index in [-0.39, 0.29) is 12.0 Å². The number of amides is 1. The van der Waals surface area contributed by atoms with Gasteiger partial charge in [0.15, 0.2) is 11.5 Å². The molecule has 0 fully saturated rings. The highest BCUT2D eigenvalue weighted by Gasteiger charge is 2.22. The van der Waals surface area contributed by atoms with E-state index in [0.29, 0.717) is 30.3 Å². The third-order valence-electron chi connectivity index (χ3n) is 5.61. The number of rotatable bonds is 11.